The molecule has 0 aliphatic rings. The van der Waals surface area contributed by atoms with Crippen molar-refractivity contribution in [3.05, 3.63) is 23.8 Å². The molecule has 4 nitrogen and oxygen atoms in total. The minimum Gasteiger partial charge on any atom is -0.504 e. The maximum atomic E-state index is 9.68. The molecular formula is C15H26N2O2. The molecule has 0 radical (unpaired) electrons. The second-order valence-corrected chi connectivity index (χ2v) is 5.39. The number of para-hydroxylation sites is 1. The van der Waals surface area contributed by atoms with Crippen molar-refractivity contribution in [1.29, 1.82) is 0 Å². The fourth-order valence-corrected chi connectivity index (χ4v) is 2.26. The van der Waals surface area contributed by atoms with Crippen LogP contribution < -0.4 is 5.32 Å². The number of hydrogen-bond donors (Lipinski definition) is 3. The third-order valence-electron chi connectivity index (χ3n) is 3.29. The highest BCUT2D eigenvalue weighted by atomic mass is 16.3. The van der Waals surface area contributed by atoms with Crippen molar-refractivity contribution in [1.82, 2.24) is 10.2 Å². The van der Waals surface area contributed by atoms with Crippen molar-refractivity contribution >= 4 is 0 Å². The molecule has 1 aromatic rings. The van der Waals surface area contributed by atoms with Gasteiger partial charge in [-0.05, 0) is 33.8 Å². The molecule has 0 aliphatic carbocycles. The molecule has 0 amide bonds. The molecule has 0 saturated heterocycles. The Kier molecular flexibility index (Phi) is 6.12. The summed E-state index contributed by atoms with van der Waals surface area (Å²) < 4.78 is 0. The van der Waals surface area contributed by atoms with E-state index in [4.69, 9.17) is 0 Å². The number of benzene rings is 1. The molecule has 19 heavy (non-hydrogen) atoms. The van der Waals surface area contributed by atoms with Crippen molar-refractivity contribution in [2.24, 2.45) is 0 Å². The van der Waals surface area contributed by atoms with Crippen LogP contribution in [0.4, 0.5) is 0 Å². The first-order chi connectivity index (χ1) is 8.93. The van der Waals surface area contributed by atoms with E-state index in [9.17, 15) is 10.2 Å². The van der Waals surface area contributed by atoms with Gasteiger partial charge in [-0.3, -0.25) is 4.90 Å². The third-order valence-corrected chi connectivity index (χ3v) is 3.29. The molecule has 0 fully saturated rings. The Morgan fingerprint density at radius 1 is 1.11 bits per heavy atom. The van der Waals surface area contributed by atoms with E-state index in [-0.39, 0.29) is 11.5 Å². The van der Waals surface area contributed by atoms with Crippen LogP contribution in [0.2, 0.25) is 0 Å². The summed E-state index contributed by atoms with van der Waals surface area (Å²) in [6.07, 6.45) is 0. The minimum atomic E-state index is -0.0645. The quantitative estimate of drug-likeness (QED) is 0.523. The summed E-state index contributed by atoms with van der Waals surface area (Å²) in [5.74, 6) is -0.0927. The maximum Gasteiger partial charge on any atom is 0.161 e. The smallest absolute Gasteiger partial charge is 0.161 e. The van der Waals surface area contributed by atoms with Gasteiger partial charge in [0.15, 0.2) is 11.5 Å². The van der Waals surface area contributed by atoms with Crippen LogP contribution in [0.15, 0.2) is 18.2 Å². The summed E-state index contributed by atoms with van der Waals surface area (Å²) >= 11 is 0. The van der Waals surface area contributed by atoms with Crippen molar-refractivity contribution < 1.29 is 10.2 Å². The van der Waals surface area contributed by atoms with Crippen LogP contribution in [0.25, 0.3) is 0 Å². The van der Waals surface area contributed by atoms with Crippen LogP contribution >= 0.6 is 0 Å². The van der Waals surface area contributed by atoms with Crippen LogP contribution in [0.5, 0.6) is 11.5 Å². The SMILES string of the molecule is CC(C)N(CCNCc1cccc(O)c1O)C(C)C. The summed E-state index contributed by atoms with van der Waals surface area (Å²) in [5, 5.41) is 22.4. The summed E-state index contributed by atoms with van der Waals surface area (Å²) in [4.78, 5) is 2.41. The zero-order valence-corrected chi connectivity index (χ0v) is 12.3. The Bertz CT molecular complexity index is 384. The second kappa shape index (κ2) is 7.36. The Morgan fingerprint density at radius 3 is 2.32 bits per heavy atom. The van der Waals surface area contributed by atoms with Gasteiger partial charge in [0, 0.05) is 37.3 Å². The third kappa shape index (κ3) is 4.73. The van der Waals surface area contributed by atoms with Crippen molar-refractivity contribution in [2.75, 3.05) is 13.1 Å². The van der Waals surface area contributed by atoms with Crippen LogP contribution in [-0.2, 0) is 6.54 Å². The van der Waals surface area contributed by atoms with Gasteiger partial charge >= 0.3 is 0 Å². The van der Waals surface area contributed by atoms with Gasteiger partial charge in [0.05, 0.1) is 0 Å². The Hall–Kier alpha value is -1.26. The highest BCUT2D eigenvalue weighted by molar-refractivity contribution is 5.44. The molecule has 0 unspecified atom stereocenters. The lowest BCUT2D eigenvalue weighted by Crippen LogP contribution is -2.41. The van der Waals surface area contributed by atoms with E-state index in [0.29, 0.717) is 18.6 Å². The molecule has 4 heteroatoms. The molecule has 1 aromatic carbocycles. The van der Waals surface area contributed by atoms with Crippen molar-refractivity contribution in [3.8, 4) is 11.5 Å². The van der Waals surface area contributed by atoms with E-state index in [0.717, 1.165) is 18.7 Å². The molecule has 0 saturated carbocycles. The molecule has 3 N–H and O–H groups in total. The minimum absolute atomic E-state index is 0.0282. The standard InChI is InChI=1S/C15H26N2O2/c1-11(2)17(12(3)4)9-8-16-10-13-6-5-7-14(18)15(13)19/h5-7,11-12,16,18-19H,8-10H2,1-4H3. The number of phenols is 2. The molecule has 0 bridgehead atoms. The van der Waals surface area contributed by atoms with Gasteiger partial charge in [-0.1, -0.05) is 12.1 Å². The van der Waals surface area contributed by atoms with Gasteiger partial charge in [-0.15, -0.1) is 0 Å². The average molecular weight is 266 g/mol. The first kappa shape index (κ1) is 15.8. The van der Waals surface area contributed by atoms with E-state index in [1.807, 2.05) is 6.07 Å². The van der Waals surface area contributed by atoms with Crippen LogP contribution in [0.1, 0.15) is 33.3 Å². The fraction of sp³-hybridized carbons (Fsp3) is 0.600. The van der Waals surface area contributed by atoms with Gasteiger partial charge in [-0.2, -0.15) is 0 Å². The predicted octanol–water partition coefficient (Wildman–Crippen LogP) is 2.31. The lowest BCUT2D eigenvalue weighted by atomic mass is 10.2. The lowest BCUT2D eigenvalue weighted by molar-refractivity contribution is 0.175. The van der Waals surface area contributed by atoms with Gasteiger partial charge in [0.2, 0.25) is 0 Å². The maximum absolute atomic E-state index is 9.68. The molecule has 0 atom stereocenters. The molecular weight excluding hydrogens is 240 g/mol. The molecule has 108 valence electrons. The van der Waals surface area contributed by atoms with Crippen molar-refractivity contribution in [3.63, 3.8) is 0 Å². The number of nitrogens with zero attached hydrogens (tertiary/aromatic N) is 1. The predicted molar refractivity (Wildman–Crippen MR) is 78.5 cm³/mol. The number of hydrogen-bond acceptors (Lipinski definition) is 4. The number of rotatable bonds is 7. The summed E-state index contributed by atoms with van der Waals surface area (Å²) in [7, 11) is 0. The normalized spacial score (nSPS) is 11.7. The van der Waals surface area contributed by atoms with Crippen LogP contribution in [0.3, 0.4) is 0 Å². The van der Waals surface area contributed by atoms with Gasteiger partial charge in [0.25, 0.3) is 0 Å². The monoisotopic (exact) mass is 266 g/mol. The van der Waals surface area contributed by atoms with E-state index in [1.165, 1.54) is 6.07 Å². The Balaban J connectivity index is 2.40. The lowest BCUT2D eigenvalue weighted by Gasteiger charge is -2.30. The zero-order chi connectivity index (χ0) is 14.4. The van der Waals surface area contributed by atoms with E-state index in [1.54, 1.807) is 6.07 Å². The Morgan fingerprint density at radius 2 is 1.74 bits per heavy atom. The van der Waals surface area contributed by atoms with E-state index >= 15 is 0 Å². The van der Waals surface area contributed by atoms with Gasteiger partial charge in [-0.25, -0.2) is 0 Å². The summed E-state index contributed by atoms with van der Waals surface area (Å²) in [5.41, 5.74) is 0.723. The van der Waals surface area contributed by atoms with Gasteiger partial charge < -0.3 is 15.5 Å². The molecule has 0 heterocycles. The van der Waals surface area contributed by atoms with Crippen molar-refractivity contribution in [2.45, 2.75) is 46.3 Å². The number of aromatic hydroxyl groups is 2. The molecule has 0 spiro atoms. The number of nitrogens with one attached hydrogen (secondary N) is 1. The first-order valence-electron chi connectivity index (χ1n) is 6.89. The summed E-state index contributed by atoms with van der Waals surface area (Å²) in [6, 6.07) is 6.08. The topological polar surface area (TPSA) is 55.7 Å². The average Bonchev–Trinajstić information content (AvgIpc) is 2.33. The van der Waals surface area contributed by atoms with E-state index in [2.05, 4.69) is 37.9 Å². The molecule has 1 rings (SSSR count). The molecule has 0 aromatic heterocycles. The van der Waals surface area contributed by atoms with E-state index < -0.39 is 0 Å². The number of phenolic OH excluding ortho intramolecular Hbond substituents is 2. The highest BCUT2D eigenvalue weighted by Gasteiger charge is 2.12. The largest absolute Gasteiger partial charge is 0.504 e. The van der Waals surface area contributed by atoms with Crippen LogP contribution in [0, 0.1) is 0 Å². The van der Waals surface area contributed by atoms with Gasteiger partial charge in [0.1, 0.15) is 0 Å². The fourth-order valence-electron chi connectivity index (χ4n) is 2.26. The second-order valence-electron chi connectivity index (χ2n) is 5.39. The summed E-state index contributed by atoms with van der Waals surface area (Å²) in [6.45, 7) is 11.2. The Labute approximate surface area is 116 Å². The van der Waals surface area contributed by atoms with Crippen LogP contribution in [-0.4, -0.2) is 40.3 Å². The highest BCUT2D eigenvalue weighted by Crippen LogP contribution is 2.27. The first-order valence-corrected chi connectivity index (χ1v) is 6.89. The zero-order valence-electron chi connectivity index (χ0n) is 12.3. The molecule has 0 aliphatic heterocycles.